The van der Waals surface area contributed by atoms with Crippen LogP contribution >= 0.6 is 11.3 Å². The molecule has 0 aliphatic carbocycles. The number of rotatable bonds is 8. The molecule has 1 fully saturated rings. The molecule has 1 aliphatic rings. The predicted molar refractivity (Wildman–Crippen MR) is 132 cm³/mol. The Bertz CT molecular complexity index is 1320. The summed E-state index contributed by atoms with van der Waals surface area (Å²) in [7, 11) is -0.300. The Balaban J connectivity index is 1.69. The van der Waals surface area contributed by atoms with Crippen molar-refractivity contribution in [2.24, 2.45) is 4.99 Å². The third-order valence-corrected chi connectivity index (χ3v) is 8.24. The smallest absolute Gasteiger partial charge is 0.243 e. The third-order valence-electron chi connectivity index (χ3n) is 5.46. The van der Waals surface area contributed by atoms with E-state index in [0.717, 1.165) is 16.1 Å². The summed E-state index contributed by atoms with van der Waals surface area (Å²) in [6.45, 7) is 5.99. The Morgan fingerprint density at radius 1 is 1.12 bits per heavy atom. The van der Waals surface area contributed by atoms with E-state index in [9.17, 15) is 8.42 Å². The Labute approximate surface area is 203 Å². The van der Waals surface area contributed by atoms with E-state index in [-0.39, 0.29) is 4.90 Å². The molecule has 0 saturated carbocycles. The van der Waals surface area contributed by atoms with Crippen LogP contribution < -0.4 is 14.3 Å². The summed E-state index contributed by atoms with van der Waals surface area (Å²) in [5, 5.41) is 2.02. The molecular weight excluding hydrogens is 474 g/mol. The molecule has 1 saturated heterocycles. The monoisotopic (exact) mass is 501 g/mol. The second kappa shape index (κ2) is 10.6. The van der Waals surface area contributed by atoms with Gasteiger partial charge in [0.15, 0.2) is 4.80 Å². The lowest BCUT2D eigenvalue weighted by atomic mass is 10.1. The molecule has 0 spiro atoms. The number of benzene rings is 2. The Kier molecular flexibility index (Phi) is 7.52. The number of thiazole rings is 1. The van der Waals surface area contributed by atoms with Gasteiger partial charge in [0, 0.05) is 36.6 Å². The van der Waals surface area contributed by atoms with Crippen molar-refractivity contribution >= 4 is 27.0 Å². The molecule has 1 aromatic heterocycles. The van der Waals surface area contributed by atoms with E-state index >= 15 is 0 Å². The van der Waals surface area contributed by atoms with E-state index in [1.54, 1.807) is 38.5 Å². The van der Waals surface area contributed by atoms with E-state index in [2.05, 4.69) is 6.58 Å². The van der Waals surface area contributed by atoms with Gasteiger partial charge in [-0.15, -0.1) is 17.9 Å². The highest BCUT2D eigenvalue weighted by molar-refractivity contribution is 7.89. The molecule has 4 rings (SSSR count). The van der Waals surface area contributed by atoms with Gasteiger partial charge in [0.1, 0.15) is 11.5 Å². The minimum Gasteiger partial charge on any atom is -0.497 e. The summed E-state index contributed by atoms with van der Waals surface area (Å²) in [4.78, 5) is 5.78. The van der Waals surface area contributed by atoms with Crippen molar-refractivity contribution in [2.75, 3.05) is 40.5 Å². The van der Waals surface area contributed by atoms with Crippen molar-refractivity contribution in [3.05, 3.63) is 65.3 Å². The van der Waals surface area contributed by atoms with Crippen molar-refractivity contribution in [3.63, 3.8) is 0 Å². The molecule has 1 aliphatic heterocycles. The number of hydrogen-bond acceptors (Lipinski definition) is 7. The lowest BCUT2D eigenvalue weighted by molar-refractivity contribution is 0.0730. The van der Waals surface area contributed by atoms with Gasteiger partial charge in [0.25, 0.3) is 0 Å². The predicted octanol–water partition coefficient (Wildman–Crippen LogP) is 3.67. The lowest BCUT2D eigenvalue weighted by Gasteiger charge is -2.26. The zero-order valence-electron chi connectivity index (χ0n) is 19.1. The second-order valence-electron chi connectivity index (χ2n) is 7.49. The average molecular weight is 502 g/mol. The lowest BCUT2D eigenvalue weighted by Crippen LogP contribution is -2.40. The molecule has 0 atom stereocenters. The SMILES string of the molecule is C=CCn1c(-c2ccc(OC)cc2OC)csc1=Nc1ccc(S(=O)(=O)N2CCOCC2)cc1. The van der Waals surface area contributed by atoms with Crippen molar-refractivity contribution in [2.45, 2.75) is 11.4 Å². The first-order valence-electron chi connectivity index (χ1n) is 10.7. The van der Waals surface area contributed by atoms with Crippen molar-refractivity contribution in [3.8, 4) is 22.8 Å². The van der Waals surface area contributed by atoms with Crippen LogP contribution in [0.1, 0.15) is 0 Å². The standard InChI is InChI=1S/C24H27N3O5S2/c1-4-11-27-22(21-10-7-19(30-2)16-23(21)31-3)17-33-24(27)25-18-5-8-20(9-6-18)34(28,29)26-12-14-32-15-13-26/h4-10,16-17H,1,11-15H2,2-3H3. The van der Waals surface area contributed by atoms with E-state index in [4.69, 9.17) is 19.2 Å². The quantitative estimate of drug-likeness (QED) is 0.440. The minimum absolute atomic E-state index is 0.252. The first kappa shape index (κ1) is 24.2. The van der Waals surface area contributed by atoms with Gasteiger partial charge >= 0.3 is 0 Å². The molecule has 0 bridgehead atoms. The average Bonchev–Trinajstić information content (AvgIpc) is 3.26. The van der Waals surface area contributed by atoms with E-state index in [1.807, 2.05) is 34.2 Å². The maximum atomic E-state index is 12.9. The molecule has 0 N–H and O–H groups in total. The second-order valence-corrected chi connectivity index (χ2v) is 10.3. The first-order chi connectivity index (χ1) is 16.5. The minimum atomic E-state index is -3.54. The van der Waals surface area contributed by atoms with E-state index < -0.39 is 10.0 Å². The van der Waals surface area contributed by atoms with Crippen molar-refractivity contribution < 1.29 is 22.6 Å². The van der Waals surface area contributed by atoms with Crippen LogP contribution in [0.3, 0.4) is 0 Å². The molecule has 0 amide bonds. The van der Waals surface area contributed by atoms with Gasteiger partial charge in [-0.3, -0.25) is 0 Å². The molecule has 0 unspecified atom stereocenters. The number of hydrogen-bond donors (Lipinski definition) is 0. The molecular formula is C24H27N3O5S2. The fourth-order valence-electron chi connectivity index (χ4n) is 3.69. The van der Waals surface area contributed by atoms with Crippen LogP contribution in [0.4, 0.5) is 5.69 Å². The summed E-state index contributed by atoms with van der Waals surface area (Å²) in [6.07, 6.45) is 1.81. The van der Waals surface area contributed by atoms with Gasteiger partial charge in [0.2, 0.25) is 10.0 Å². The van der Waals surface area contributed by atoms with Gasteiger partial charge < -0.3 is 18.8 Å². The fraction of sp³-hybridized carbons (Fsp3) is 0.292. The number of methoxy groups -OCH3 is 2. The molecule has 180 valence electrons. The Morgan fingerprint density at radius 3 is 2.50 bits per heavy atom. The number of morpholine rings is 1. The molecule has 2 heterocycles. The molecule has 2 aromatic carbocycles. The zero-order valence-corrected chi connectivity index (χ0v) is 20.8. The van der Waals surface area contributed by atoms with E-state index in [1.165, 1.54) is 15.6 Å². The molecule has 3 aromatic rings. The van der Waals surface area contributed by atoms with Crippen LogP contribution in [0.25, 0.3) is 11.3 Å². The van der Waals surface area contributed by atoms with Gasteiger partial charge in [-0.05, 0) is 36.4 Å². The van der Waals surface area contributed by atoms with Gasteiger partial charge in [-0.1, -0.05) is 6.08 Å². The summed E-state index contributed by atoms with van der Waals surface area (Å²) in [5.74, 6) is 1.40. The van der Waals surface area contributed by atoms with E-state index in [0.29, 0.717) is 50.0 Å². The molecule has 0 radical (unpaired) electrons. The zero-order chi connectivity index (χ0) is 24.1. The van der Waals surface area contributed by atoms with Gasteiger partial charge in [0.05, 0.1) is 43.7 Å². The normalized spacial score (nSPS) is 15.3. The number of aromatic nitrogens is 1. The van der Waals surface area contributed by atoms with Crippen molar-refractivity contribution in [1.82, 2.24) is 8.87 Å². The van der Waals surface area contributed by atoms with Gasteiger partial charge in [-0.2, -0.15) is 4.31 Å². The summed E-state index contributed by atoms with van der Waals surface area (Å²) < 4.78 is 45.4. The number of allylic oxidation sites excluding steroid dienone is 1. The summed E-state index contributed by atoms with van der Waals surface area (Å²) in [5.41, 5.74) is 2.51. The van der Waals surface area contributed by atoms with Crippen LogP contribution in [0.2, 0.25) is 0 Å². The largest absolute Gasteiger partial charge is 0.497 e. The highest BCUT2D eigenvalue weighted by atomic mass is 32.2. The Hall–Kier alpha value is -2.92. The van der Waals surface area contributed by atoms with Crippen LogP contribution in [-0.4, -0.2) is 57.8 Å². The maximum absolute atomic E-state index is 12.9. The fourth-order valence-corrected chi connectivity index (χ4v) is 6.03. The highest BCUT2D eigenvalue weighted by Gasteiger charge is 2.26. The highest BCUT2D eigenvalue weighted by Crippen LogP contribution is 2.33. The summed E-state index contributed by atoms with van der Waals surface area (Å²) >= 11 is 1.49. The Morgan fingerprint density at radius 2 is 1.85 bits per heavy atom. The summed E-state index contributed by atoms with van der Waals surface area (Å²) in [6, 6.07) is 12.3. The third kappa shape index (κ3) is 4.95. The van der Waals surface area contributed by atoms with Gasteiger partial charge in [-0.25, -0.2) is 13.4 Å². The topological polar surface area (TPSA) is 82.4 Å². The number of ether oxygens (including phenoxy) is 3. The maximum Gasteiger partial charge on any atom is 0.243 e. The first-order valence-corrected chi connectivity index (χ1v) is 13.0. The molecule has 10 heteroatoms. The number of nitrogens with zero attached hydrogens (tertiary/aromatic N) is 3. The van der Waals surface area contributed by atoms with Crippen LogP contribution in [0.5, 0.6) is 11.5 Å². The van der Waals surface area contributed by atoms with Crippen molar-refractivity contribution in [1.29, 1.82) is 0 Å². The van der Waals surface area contributed by atoms with Crippen LogP contribution in [-0.2, 0) is 21.3 Å². The van der Waals surface area contributed by atoms with Crippen LogP contribution in [0.15, 0.2) is 70.4 Å². The number of sulfonamides is 1. The molecule has 34 heavy (non-hydrogen) atoms. The molecule has 8 nitrogen and oxygen atoms in total. The van der Waals surface area contributed by atoms with Crippen LogP contribution in [0, 0.1) is 0 Å².